The molecular formula is C12H16N2OS. The molecule has 0 aliphatic rings. The van der Waals surface area contributed by atoms with Crippen LogP contribution in [-0.4, -0.2) is 23.3 Å². The summed E-state index contributed by atoms with van der Waals surface area (Å²) in [6.07, 6.45) is 0. The average Bonchev–Trinajstić information content (AvgIpc) is 2.68. The van der Waals surface area contributed by atoms with Gasteiger partial charge in [-0.2, -0.15) is 0 Å². The molecule has 0 aliphatic heterocycles. The van der Waals surface area contributed by atoms with Crippen LogP contribution >= 0.6 is 11.8 Å². The molecule has 0 bridgehead atoms. The Hall–Kier alpha value is -1.00. The molecule has 1 aromatic heterocycles. The number of nitrogens with one attached hydrogen (secondary N) is 1. The lowest BCUT2D eigenvalue weighted by Crippen LogP contribution is -2.21. The zero-order valence-electron chi connectivity index (χ0n) is 9.56. The zero-order valence-corrected chi connectivity index (χ0v) is 10.4. The molecule has 0 spiro atoms. The SMILES string of the molecule is CCNCC(C)Sc1nc2ccccc2o1. The van der Waals surface area contributed by atoms with Crippen LogP contribution in [0.15, 0.2) is 33.9 Å². The van der Waals surface area contributed by atoms with Gasteiger partial charge in [0.2, 0.25) is 0 Å². The van der Waals surface area contributed by atoms with Gasteiger partial charge in [0.25, 0.3) is 5.22 Å². The minimum atomic E-state index is 0.466. The Morgan fingerprint density at radius 3 is 3.00 bits per heavy atom. The van der Waals surface area contributed by atoms with E-state index < -0.39 is 0 Å². The Morgan fingerprint density at radius 2 is 2.25 bits per heavy atom. The van der Waals surface area contributed by atoms with Gasteiger partial charge in [-0.15, -0.1) is 0 Å². The lowest BCUT2D eigenvalue weighted by atomic mass is 10.3. The van der Waals surface area contributed by atoms with E-state index in [-0.39, 0.29) is 0 Å². The molecule has 0 aliphatic carbocycles. The van der Waals surface area contributed by atoms with E-state index in [4.69, 9.17) is 4.42 Å². The highest BCUT2D eigenvalue weighted by molar-refractivity contribution is 7.99. The van der Waals surface area contributed by atoms with Crippen molar-refractivity contribution < 1.29 is 4.42 Å². The average molecular weight is 236 g/mol. The quantitative estimate of drug-likeness (QED) is 0.810. The normalized spacial score (nSPS) is 13.1. The van der Waals surface area contributed by atoms with Crippen LogP contribution in [0.2, 0.25) is 0 Å². The smallest absolute Gasteiger partial charge is 0.257 e. The summed E-state index contributed by atoms with van der Waals surface area (Å²) in [4.78, 5) is 4.43. The van der Waals surface area contributed by atoms with E-state index in [1.807, 2.05) is 24.3 Å². The van der Waals surface area contributed by atoms with Crippen molar-refractivity contribution in [2.75, 3.05) is 13.1 Å². The molecule has 3 nitrogen and oxygen atoms in total. The van der Waals surface area contributed by atoms with E-state index in [2.05, 4.69) is 24.1 Å². The molecule has 0 amide bonds. The Balaban J connectivity index is 2.03. The Kier molecular flexibility index (Phi) is 3.85. The molecule has 86 valence electrons. The van der Waals surface area contributed by atoms with Crippen molar-refractivity contribution in [3.05, 3.63) is 24.3 Å². The predicted octanol–water partition coefficient (Wildman–Crippen LogP) is 2.92. The van der Waals surface area contributed by atoms with Crippen LogP contribution in [0.25, 0.3) is 11.1 Å². The van der Waals surface area contributed by atoms with Gasteiger partial charge in [0.05, 0.1) is 0 Å². The molecule has 1 aromatic carbocycles. The first-order chi connectivity index (χ1) is 7.79. The summed E-state index contributed by atoms with van der Waals surface area (Å²) in [5.41, 5.74) is 1.79. The maximum absolute atomic E-state index is 5.64. The third-order valence-electron chi connectivity index (χ3n) is 2.26. The number of aromatic nitrogens is 1. The van der Waals surface area contributed by atoms with Crippen LogP contribution in [0, 0.1) is 0 Å². The highest BCUT2D eigenvalue weighted by atomic mass is 32.2. The van der Waals surface area contributed by atoms with Gasteiger partial charge in [-0.25, -0.2) is 4.98 Å². The molecule has 0 saturated heterocycles. The second-order valence-corrected chi connectivity index (χ2v) is 5.07. The maximum atomic E-state index is 5.64. The van der Waals surface area contributed by atoms with E-state index >= 15 is 0 Å². The number of para-hydroxylation sites is 2. The molecule has 2 rings (SSSR count). The fourth-order valence-electron chi connectivity index (χ4n) is 1.46. The summed E-state index contributed by atoms with van der Waals surface area (Å²) >= 11 is 1.67. The molecule has 1 atom stereocenters. The number of fused-ring (bicyclic) bond motifs is 1. The van der Waals surface area contributed by atoms with E-state index in [0.29, 0.717) is 5.25 Å². The zero-order chi connectivity index (χ0) is 11.4. The van der Waals surface area contributed by atoms with Crippen LogP contribution in [0.4, 0.5) is 0 Å². The number of thioether (sulfide) groups is 1. The molecule has 0 fully saturated rings. The van der Waals surface area contributed by atoms with Crippen LogP contribution in [0.5, 0.6) is 0 Å². The maximum Gasteiger partial charge on any atom is 0.257 e. The predicted molar refractivity (Wildman–Crippen MR) is 67.9 cm³/mol. The standard InChI is InChI=1S/C12H16N2OS/c1-3-13-8-9(2)16-12-14-10-6-4-5-7-11(10)15-12/h4-7,9,13H,3,8H2,1-2H3. The van der Waals surface area contributed by atoms with Crippen molar-refractivity contribution in [1.29, 1.82) is 0 Å². The Bertz CT molecular complexity index is 422. The first-order valence-corrected chi connectivity index (χ1v) is 6.40. The molecule has 0 radical (unpaired) electrons. The fourth-order valence-corrected chi connectivity index (χ4v) is 2.30. The lowest BCUT2D eigenvalue weighted by molar-refractivity contribution is 0.488. The van der Waals surface area contributed by atoms with E-state index in [1.165, 1.54) is 0 Å². The van der Waals surface area contributed by atoms with Gasteiger partial charge >= 0.3 is 0 Å². The van der Waals surface area contributed by atoms with Crippen molar-refractivity contribution in [2.45, 2.75) is 24.3 Å². The van der Waals surface area contributed by atoms with E-state index in [9.17, 15) is 0 Å². The summed E-state index contributed by atoms with van der Waals surface area (Å²) in [5, 5.41) is 4.53. The minimum Gasteiger partial charge on any atom is -0.431 e. The second kappa shape index (κ2) is 5.37. The van der Waals surface area contributed by atoms with Crippen LogP contribution in [0.1, 0.15) is 13.8 Å². The number of hydrogen-bond donors (Lipinski definition) is 1. The van der Waals surface area contributed by atoms with Gasteiger partial charge in [0.1, 0.15) is 5.52 Å². The summed E-state index contributed by atoms with van der Waals surface area (Å²) in [5.74, 6) is 0. The minimum absolute atomic E-state index is 0.466. The Morgan fingerprint density at radius 1 is 1.44 bits per heavy atom. The summed E-state index contributed by atoms with van der Waals surface area (Å²) in [7, 11) is 0. The third kappa shape index (κ3) is 2.77. The summed E-state index contributed by atoms with van der Waals surface area (Å²) in [6.45, 7) is 6.25. The molecule has 1 unspecified atom stereocenters. The largest absolute Gasteiger partial charge is 0.431 e. The van der Waals surface area contributed by atoms with Crippen molar-refractivity contribution >= 4 is 22.9 Å². The number of oxazole rings is 1. The van der Waals surface area contributed by atoms with Crippen molar-refractivity contribution in [2.24, 2.45) is 0 Å². The van der Waals surface area contributed by atoms with Crippen molar-refractivity contribution in [3.8, 4) is 0 Å². The molecule has 16 heavy (non-hydrogen) atoms. The number of nitrogens with zero attached hydrogens (tertiary/aromatic N) is 1. The monoisotopic (exact) mass is 236 g/mol. The van der Waals surface area contributed by atoms with Crippen molar-refractivity contribution in [3.63, 3.8) is 0 Å². The number of hydrogen-bond acceptors (Lipinski definition) is 4. The number of benzene rings is 1. The van der Waals surface area contributed by atoms with Gasteiger partial charge < -0.3 is 9.73 Å². The highest BCUT2D eigenvalue weighted by Gasteiger charge is 2.10. The first-order valence-electron chi connectivity index (χ1n) is 5.52. The van der Waals surface area contributed by atoms with Gasteiger partial charge in [-0.3, -0.25) is 0 Å². The van der Waals surface area contributed by atoms with Gasteiger partial charge in [-0.05, 0) is 18.7 Å². The first kappa shape index (κ1) is 11.5. The third-order valence-corrected chi connectivity index (χ3v) is 3.20. The topological polar surface area (TPSA) is 38.1 Å². The second-order valence-electron chi connectivity index (χ2n) is 3.68. The molecule has 2 aromatic rings. The van der Waals surface area contributed by atoms with Gasteiger partial charge in [0.15, 0.2) is 5.58 Å². The fraction of sp³-hybridized carbons (Fsp3) is 0.417. The molecule has 4 heteroatoms. The lowest BCUT2D eigenvalue weighted by Gasteiger charge is -2.07. The van der Waals surface area contributed by atoms with Crippen LogP contribution in [-0.2, 0) is 0 Å². The summed E-state index contributed by atoms with van der Waals surface area (Å²) < 4.78 is 5.64. The highest BCUT2D eigenvalue weighted by Crippen LogP contribution is 2.26. The van der Waals surface area contributed by atoms with Crippen LogP contribution in [0.3, 0.4) is 0 Å². The molecular weight excluding hydrogens is 220 g/mol. The molecule has 0 saturated carbocycles. The van der Waals surface area contributed by atoms with Gasteiger partial charge in [-0.1, -0.05) is 37.7 Å². The van der Waals surface area contributed by atoms with Gasteiger partial charge in [0, 0.05) is 11.8 Å². The number of rotatable bonds is 5. The van der Waals surface area contributed by atoms with E-state index in [0.717, 1.165) is 29.4 Å². The van der Waals surface area contributed by atoms with E-state index in [1.54, 1.807) is 11.8 Å². The van der Waals surface area contributed by atoms with Crippen molar-refractivity contribution in [1.82, 2.24) is 10.3 Å². The van der Waals surface area contributed by atoms with Crippen LogP contribution < -0.4 is 5.32 Å². The Labute approximate surface area is 99.6 Å². The molecule has 1 heterocycles. The summed E-state index contributed by atoms with van der Waals surface area (Å²) in [6, 6.07) is 7.85. The molecule has 1 N–H and O–H groups in total.